The van der Waals surface area contributed by atoms with Crippen LogP contribution in [-0.2, 0) is 27.3 Å². The number of fused-ring (bicyclic) bond motifs is 1. The maximum Gasteiger partial charge on any atom is 0.336 e. The average Bonchev–Trinajstić information content (AvgIpc) is 2.89. The Morgan fingerprint density at radius 1 is 0.892 bits per heavy atom. The molecular weight excluding hydrogens is 472 g/mol. The lowest BCUT2D eigenvalue weighted by molar-refractivity contribution is -0.120. The van der Waals surface area contributed by atoms with Crippen molar-refractivity contribution >= 4 is 28.4 Å². The van der Waals surface area contributed by atoms with Crippen LogP contribution in [0, 0.1) is 6.92 Å². The van der Waals surface area contributed by atoms with Crippen molar-refractivity contribution in [1.29, 1.82) is 0 Å². The topological polar surface area (TPSA) is 111 Å². The number of benzene rings is 3. The molecule has 0 bridgehead atoms. The molecule has 0 aliphatic rings. The Labute approximate surface area is 213 Å². The summed E-state index contributed by atoms with van der Waals surface area (Å²) >= 11 is 0. The first-order valence-corrected chi connectivity index (χ1v) is 11.8. The van der Waals surface area contributed by atoms with E-state index in [0.29, 0.717) is 35.4 Å². The van der Waals surface area contributed by atoms with Crippen molar-refractivity contribution in [1.82, 2.24) is 14.5 Å². The molecule has 0 unspecified atom stereocenters. The van der Waals surface area contributed by atoms with Gasteiger partial charge in [0.2, 0.25) is 11.8 Å². The van der Waals surface area contributed by atoms with Crippen molar-refractivity contribution in [3.63, 3.8) is 0 Å². The lowest BCUT2D eigenvalue weighted by Gasteiger charge is -2.14. The molecule has 0 saturated carbocycles. The molecule has 0 aliphatic carbocycles. The Kier molecular flexibility index (Phi) is 7.95. The van der Waals surface area contributed by atoms with E-state index in [4.69, 9.17) is 4.74 Å². The van der Waals surface area contributed by atoms with Gasteiger partial charge in [0.15, 0.2) is 0 Å². The highest BCUT2D eigenvalue weighted by Crippen LogP contribution is 2.13. The number of para-hydroxylation sites is 1. The SMILES string of the molecule is COCCNC(=O)Cc1ccc(-n2c(=O)c3ccccc3n(CC(=O)Nc3ccc(C)cc3)c2=O)cc1. The summed E-state index contributed by atoms with van der Waals surface area (Å²) in [6.45, 7) is 2.51. The van der Waals surface area contributed by atoms with Gasteiger partial charge in [-0.15, -0.1) is 0 Å². The molecule has 0 aliphatic heterocycles. The monoisotopic (exact) mass is 500 g/mol. The van der Waals surface area contributed by atoms with Gasteiger partial charge >= 0.3 is 5.69 Å². The Bertz CT molecular complexity index is 1540. The molecule has 2 amide bonds. The van der Waals surface area contributed by atoms with Gasteiger partial charge in [0.25, 0.3) is 5.56 Å². The van der Waals surface area contributed by atoms with Gasteiger partial charge in [-0.1, -0.05) is 42.0 Å². The van der Waals surface area contributed by atoms with Crippen molar-refractivity contribution in [3.8, 4) is 5.69 Å². The Morgan fingerprint density at radius 3 is 2.30 bits per heavy atom. The summed E-state index contributed by atoms with van der Waals surface area (Å²) in [5, 5.41) is 5.86. The summed E-state index contributed by atoms with van der Waals surface area (Å²) in [4.78, 5) is 51.7. The van der Waals surface area contributed by atoms with Crippen LogP contribution >= 0.6 is 0 Å². The lowest BCUT2D eigenvalue weighted by Crippen LogP contribution is -2.40. The molecule has 0 fully saturated rings. The van der Waals surface area contributed by atoms with E-state index in [1.807, 2.05) is 19.1 Å². The van der Waals surface area contributed by atoms with E-state index in [1.54, 1.807) is 67.8 Å². The van der Waals surface area contributed by atoms with E-state index in [2.05, 4.69) is 10.6 Å². The van der Waals surface area contributed by atoms with Gasteiger partial charge in [0.05, 0.1) is 29.6 Å². The molecule has 0 atom stereocenters. The van der Waals surface area contributed by atoms with Crippen LogP contribution < -0.4 is 21.9 Å². The third-order valence-corrected chi connectivity index (χ3v) is 5.88. The number of amides is 2. The first-order valence-electron chi connectivity index (χ1n) is 11.8. The molecular formula is C28H28N4O5. The summed E-state index contributed by atoms with van der Waals surface area (Å²) in [6.07, 6.45) is 0.153. The van der Waals surface area contributed by atoms with E-state index in [9.17, 15) is 19.2 Å². The molecule has 2 N–H and O–H groups in total. The van der Waals surface area contributed by atoms with E-state index >= 15 is 0 Å². The second-order valence-corrected chi connectivity index (χ2v) is 8.63. The Balaban J connectivity index is 1.65. The minimum absolute atomic E-state index is 0.153. The third-order valence-electron chi connectivity index (χ3n) is 5.88. The number of aryl methyl sites for hydroxylation is 1. The van der Waals surface area contributed by atoms with E-state index in [0.717, 1.165) is 15.7 Å². The quantitative estimate of drug-likeness (QED) is 0.343. The van der Waals surface area contributed by atoms with Crippen LogP contribution in [0.2, 0.25) is 0 Å². The van der Waals surface area contributed by atoms with Crippen LogP contribution in [0.1, 0.15) is 11.1 Å². The fourth-order valence-corrected chi connectivity index (χ4v) is 3.99. The van der Waals surface area contributed by atoms with Gasteiger partial charge in [0, 0.05) is 19.3 Å². The highest BCUT2D eigenvalue weighted by Gasteiger charge is 2.17. The van der Waals surface area contributed by atoms with Gasteiger partial charge in [-0.05, 0) is 48.9 Å². The molecule has 4 rings (SSSR count). The highest BCUT2D eigenvalue weighted by molar-refractivity contribution is 5.91. The average molecular weight is 501 g/mol. The molecule has 0 radical (unpaired) electrons. The number of methoxy groups -OCH3 is 1. The number of carbonyl (C=O) groups is 2. The zero-order valence-corrected chi connectivity index (χ0v) is 20.7. The summed E-state index contributed by atoms with van der Waals surface area (Å²) in [5.41, 5.74) is 2.00. The molecule has 3 aromatic carbocycles. The Morgan fingerprint density at radius 2 is 1.59 bits per heavy atom. The van der Waals surface area contributed by atoms with Gasteiger partial charge in [-0.3, -0.25) is 19.0 Å². The van der Waals surface area contributed by atoms with Crippen LogP contribution in [0.25, 0.3) is 16.6 Å². The highest BCUT2D eigenvalue weighted by atomic mass is 16.5. The fraction of sp³-hybridized carbons (Fsp3) is 0.214. The van der Waals surface area contributed by atoms with Gasteiger partial charge in [-0.2, -0.15) is 0 Å². The van der Waals surface area contributed by atoms with Crippen LogP contribution in [0.5, 0.6) is 0 Å². The number of nitrogens with zero attached hydrogens (tertiary/aromatic N) is 2. The van der Waals surface area contributed by atoms with E-state index < -0.39 is 17.2 Å². The van der Waals surface area contributed by atoms with Crippen LogP contribution in [0.15, 0.2) is 82.4 Å². The largest absolute Gasteiger partial charge is 0.383 e. The number of anilines is 1. The van der Waals surface area contributed by atoms with Crippen LogP contribution in [0.4, 0.5) is 5.69 Å². The number of nitrogens with one attached hydrogen (secondary N) is 2. The molecule has 1 heterocycles. The maximum absolute atomic E-state index is 13.5. The van der Waals surface area contributed by atoms with Crippen molar-refractivity contribution in [2.75, 3.05) is 25.6 Å². The summed E-state index contributed by atoms with van der Waals surface area (Å²) < 4.78 is 7.26. The number of aromatic nitrogens is 2. The first-order chi connectivity index (χ1) is 17.9. The second kappa shape index (κ2) is 11.5. The van der Waals surface area contributed by atoms with E-state index in [1.165, 1.54) is 4.57 Å². The molecule has 190 valence electrons. The minimum Gasteiger partial charge on any atom is -0.383 e. The molecule has 0 spiro atoms. The zero-order chi connectivity index (χ0) is 26.4. The van der Waals surface area contributed by atoms with Gasteiger partial charge in [-0.25, -0.2) is 9.36 Å². The summed E-state index contributed by atoms with van der Waals surface area (Å²) in [5.74, 6) is -0.550. The number of hydrogen-bond donors (Lipinski definition) is 2. The number of carbonyl (C=O) groups excluding carboxylic acids is 2. The minimum atomic E-state index is -0.632. The van der Waals surface area contributed by atoms with Crippen molar-refractivity contribution in [3.05, 3.63) is 105 Å². The standard InChI is InChI=1S/C28H28N4O5/c1-19-7-11-21(12-8-19)30-26(34)18-31-24-6-4-3-5-23(24)27(35)32(28(31)36)22-13-9-20(10-14-22)17-25(33)29-15-16-37-2/h3-14H,15-18H2,1-2H3,(H,29,33)(H,30,34). The van der Waals surface area contributed by atoms with E-state index in [-0.39, 0.29) is 18.9 Å². The maximum atomic E-state index is 13.5. The van der Waals surface area contributed by atoms with Crippen molar-refractivity contribution < 1.29 is 14.3 Å². The Hall–Kier alpha value is -4.50. The number of hydrogen-bond acceptors (Lipinski definition) is 5. The van der Waals surface area contributed by atoms with Crippen molar-refractivity contribution in [2.24, 2.45) is 0 Å². The molecule has 4 aromatic rings. The normalized spacial score (nSPS) is 10.9. The smallest absolute Gasteiger partial charge is 0.336 e. The second-order valence-electron chi connectivity index (χ2n) is 8.63. The fourth-order valence-electron chi connectivity index (χ4n) is 3.99. The molecule has 9 nitrogen and oxygen atoms in total. The molecule has 9 heteroatoms. The van der Waals surface area contributed by atoms with Gasteiger partial charge < -0.3 is 15.4 Å². The number of rotatable bonds is 9. The predicted octanol–water partition coefficient (Wildman–Crippen LogP) is 2.40. The van der Waals surface area contributed by atoms with Crippen LogP contribution in [-0.4, -0.2) is 41.2 Å². The zero-order valence-electron chi connectivity index (χ0n) is 20.7. The predicted molar refractivity (Wildman–Crippen MR) is 142 cm³/mol. The summed E-state index contributed by atoms with van der Waals surface area (Å²) in [7, 11) is 1.56. The first kappa shape index (κ1) is 25.6. The third kappa shape index (κ3) is 6.02. The molecule has 37 heavy (non-hydrogen) atoms. The van der Waals surface area contributed by atoms with Crippen LogP contribution in [0.3, 0.4) is 0 Å². The summed E-state index contributed by atoms with van der Waals surface area (Å²) in [6, 6.07) is 20.7. The van der Waals surface area contributed by atoms with Crippen molar-refractivity contribution in [2.45, 2.75) is 19.9 Å². The molecule has 1 aromatic heterocycles. The molecule has 0 saturated heterocycles. The van der Waals surface area contributed by atoms with Gasteiger partial charge in [0.1, 0.15) is 6.54 Å². The lowest BCUT2D eigenvalue weighted by atomic mass is 10.1. The number of ether oxygens (including phenoxy) is 1.